The average Bonchev–Trinajstić information content (AvgIpc) is 3.14. The molecule has 0 spiro atoms. The molecule has 4 rings (SSSR count). The van der Waals surface area contributed by atoms with Gasteiger partial charge >= 0.3 is 5.97 Å². The highest BCUT2D eigenvalue weighted by Gasteiger charge is 2.35. The van der Waals surface area contributed by atoms with E-state index in [1.165, 1.54) is 43.5 Å². The molecule has 37 heavy (non-hydrogen) atoms. The number of carbonyl (C=O) groups excluding carboxylic acids is 4. The minimum Gasteiger partial charge on any atom is -0.507 e. The first-order valence-corrected chi connectivity index (χ1v) is 12.3. The first-order chi connectivity index (χ1) is 17.7. The normalized spacial score (nSPS) is 14.2. The highest BCUT2D eigenvalue weighted by molar-refractivity contribution is 8.18. The molecule has 3 amide bonds. The summed E-state index contributed by atoms with van der Waals surface area (Å²) >= 11 is 12.6. The maximum atomic E-state index is 12.9. The van der Waals surface area contributed by atoms with Crippen LogP contribution in [0, 0.1) is 0 Å². The number of methoxy groups -OCH3 is 1. The van der Waals surface area contributed by atoms with E-state index in [4.69, 9.17) is 23.2 Å². The first-order valence-electron chi connectivity index (χ1n) is 10.7. The molecule has 0 aromatic heterocycles. The Kier molecular flexibility index (Phi) is 7.87. The summed E-state index contributed by atoms with van der Waals surface area (Å²) in [6, 6.07) is 15.2. The number of ether oxygens (including phenoxy) is 1. The van der Waals surface area contributed by atoms with Crippen molar-refractivity contribution in [3.8, 4) is 5.75 Å². The van der Waals surface area contributed by atoms with Crippen molar-refractivity contribution in [2.45, 2.75) is 6.54 Å². The monoisotopic (exact) mass is 556 g/mol. The molecular formula is C26H18Cl2N2O6S. The number of benzene rings is 3. The number of nitrogens with one attached hydrogen (secondary N) is 1. The van der Waals surface area contributed by atoms with Crippen molar-refractivity contribution in [2.24, 2.45) is 0 Å². The van der Waals surface area contributed by atoms with E-state index in [9.17, 15) is 24.3 Å². The number of anilines is 1. The van der Waals surface area contributed by atoms with Gasteiger partial charge in [0.05, 0.1) is 39.7 Å². The number of carbonyl (C=O) groups is 4. The fourth-order valence-electron chi connectivity index (χ4n) is 3.43. The summed E-state index contributed by atoms with van der Waals surface area (Å²) in [7, 11) is 1.28. The molecule has 1 fully saturated rings. The second-order valence-corrected chi connectivity index (χ2v) is 9.62. The number of thioether (sulfide) groups is 1. The Morgan fingerprint density at radius 2 is 1.76 bits per heavy atom. The van der Waals surface area contributed by atoms with Gasteiger partial charge in [-0.3, -0.25) is 19.3 Å². The molecule has 1 heterocycles. The van der Waals surface area contributed by atoms with Gasteiger partial charge in [-0.2, -0.15) is 0 Å². The number of esters is 1. The van der Waals surface area contributed by atoms with Crippen LogP contribution in [0.15, 0.2) is 65.6 Å². The SMILES string of the molecule is COC(=O)c1ccc(CN2C(=O)SC(=Cc3ccc(O)c(C(=O)Nc4ccc(Cl)c(Cl)c4)c3)C2=O)cc1. The summed E-state index contributed by atoms with van der Waals surface area (Å²) in [5.74, 6) is -1.85. The van der Waals surface area contributed by atoms with E-state index in [-0.39, 0.29) is 27.8 Å². The smallest absolute Gasteiger partial charge is 0.337 e. The Bertz CT molecular complexity index is 1460. The van der Waals surface area contributed by atoms with Crippen LogP contribution in [0.1, 0.15) is 31.8 Å². The van der Waals surface area contributed by atoms with E-state index in [0.29, 0.717) is 27.4 Å². The molecule has 0 saturated carbocycles. The van der Waals surface area contributed by atoms with Crippen molar-refractivity contribution in [1.29, 1.82) is 0 Å². The van der Waals surface area contributed by atoms with Gasteiger partial charge in [-0.05, 0) is 71.4 Å². The minimum atomic E-state index is -0.602. The van der Waals surface area contributed by atoms with Crippen LogP contribution in [-0.2, 0) is 16.1 Å². The number of aromatic hydroxyl groups is 1. The quantitative estimate of drug-likeness (QED) is 0.284. The van der Waals surface area contributed by atoms with Crippen molar-refractivity contribution in [2.75, 3.05) is 12.4 Å². The molecule has 2 N–H and O–H groups in total. The van der Waals surface area contributed by atoms with Gasteiger partial charge < -0.3 is 15.2 Å². The Morgan fingerprint density at radius 1 is 1.03 bits per heavy atom. The standard InChI is InChI=1S/C26H18Cl2N2O6S/c1-36-25(34)16-5-2-14(3-6-16)13-30-24(33)22(37-26(30)35)11-15-4-9-21(31)18(10-15)23(32)29-17-7-8-19(27)20(28)12-17/h2-12,31H,13H2,1H3,(H,29,32). The first kappa shape index (κ1) is 26.3. The predicted octanol–water partition coefficient (Wildman–Crippen LogP) is 5.97. The second-order valence-electron chi connectivity index (χ2n) is 7.82. The van der Waals surface area contributed by atoms with Gasteiger partial charge in [0, 0.05) is 5.69 Å². The molecule has 3 aromatic rings. The fourth-order valence-corrected chi connectivity index (χ4v) is 4.57. The summed E-state index contributed by atoms with van der Waals surface area (Å²) in [6.45, 7) is 0.0242. The Morgan fingerprint density at radius 3 is 2.43 bits per heavy atom. The van der Waals surface area contributed by atoms with Gasteiger partial charge in [0.2, 0.25) is 0 Å². The van der Waals surface area contributed by atoms with E-state index < -0.39 is 23.0 Å². The number of phenolic OH excluding ortho intramolecular Hbond substituents is 1. The van der Waals surface area contributed by atoms with E-state index in [1.807, 2.05) is 0 Å². The van der Waals surface area contributed by atoms with Crippen LogP contribution in [0.2, 0.25) is 10.0 Å². The molecule has 1 saturated heterocycles. The van der Waals surface area contributed by atoms with E-state index in [1.54, 1.807) is 30.3 Å². The van der Waals surface area contributed by atoms with Gasteiger partial charge in [-0.25, -0.2) is 4.79 Å². The zero-order chi connectivity index (χ0) is 26.7. The van der Waals surface area contributed by atoms with Gasteiger partial charge in [0.15, 0.2) is 0 Å². The molecule has 0 radical (unpaired) electrons. The zero-order valence-corrected chi connectivity index (χ0v) is 21.5. The number of amides is 3. The molecule has 188 valence electrons. The van der Waals surface area contributed by atoms with Gasteiger partial charge in [0.1, 0.15) is 5.75 Å². The van der Waals surface area contributed by atoms with Crippen LogP contribution in [0.3, 0.4) is 0 Å². The molecule has 3 aromatic carbocycles. The van der Waals surface area contributed by atoms with E-state index in [2.05, 4.69) is 10.1 Å². The summed E-state index contributed by atoms with van der Waals surface area (Å²) in [5, 5.41) is 13.0. The lowest BCUT2D eigenvalue weighted by Crippen LogP contribution is -2.27. The third kappa shape index (κ3) is 5.96. The lowest BCUT2D eigenvalue weighted by atomic mass is 10.1. The highest BCUT2D eigenvalue weighted by atomic mass is 35.5. The van der Waals surface area contributed by atoms with E-state index >= 15 is 0 Å². The van der Waals surface area contributed by atoms with Crippen molar-refractivity contribution >= 4 is 69.8 Å². The maximum Gasteiger partial charge on any atom is 0.337 e. The molecule has 0 bridgehead atoms. The largest absolute Gasteiger partial charge is 0.507 e. The number of nitrogens with zero attached hydrogens (tertiary/aromatic N) is 1. The zero-order valence-electron chi connectivity index (χ0n) is 19.2. The average molecular weight is 557 g/mol. The number of phenols is 1. The Balaban J connectivity index is 1.50. The molecule has 1 aliphatic heterocycles. The van der Waals surface area contributed by atoms with Crippen LogP contribution < -0.4 is 5.32 Å². The molecule has 0 aliphatic carbocycles. The molecule has 0 atom stereocenters. The topological polar surface area (TPSA) is 113 Å². The predicted molar refractivity (Wildman–Crippen MR) is 142 cm³/mol. The number of hydrogen-bond donors (Lipinski definition) is 2. The molecule has 1 aliphatic rings. The maximum absolute atomic E-state index is 12.9. The van der Waals surface area contributed by atoms with Crippen LogP contribution >= 0.6 is 35.0 Å². The summed E-state index contributed by atoms with van der Waals surface area (Å²) in [6.07, 6.45) is 1.47. The fraction of sp³-hybridized carbons (Fsp3) is 0.0769. The van der Waals surface area contributed by atoms with Crippen molar-refractivity contribution in [1.82, 2.24) is 4.90 Å². The van der Waals surface area contributed by atoms with Gasteiger partial charge in [-0.1, -0.05) is 41.4 Å². The van der Waals surface area contributed by atoms with Crippen molar-refractivity contribution < 1.29 is 29.0 Å². The minimum absolute atomic E-state index is 0.0242. The Hall–Kier alpha value is -3.79. The Labute approximate surface area is 225 Å². The summed E-state index contributed by atoms with van der Waals surface area (Å²) in [4.78, 5) is 51.0. The van der Waals surface area contributed by atoms with Crippen LogP contribution in [0.4, 0.5) is 10.5 Å². The van der Waals surface area contributed by atoms with E-state index in [0.717, 1.165) is 16.7 Å². The van der Waals surface area contributed by atoms with Crippen LogP contribution in [0.25, 0.3) is 6.08 Å². The summed E-state index contributed by atoms with van der Waals surface area (Å²) in [5.41, 5.74) is 1.79. The van der Waals surface area contributed by atoms with Crippen LogP contribution in [0.5, 0.6) is 5.75 Å². The summed E-state index contributed by atoms with van der Waals surface area (Å²) < 4.78 is 4.66. The lowest BCUT2D eigenvalue weighted by Gasteiger charge is -2.12. The van der Waals surface area contributed by atoms with Crippen molar-refractivity contribution in [3.63, 3.8) is 0 Å². The number of halogens is 2. The van der Waals surface area contributed by atoms with Crippen LogP contribution in [-0.4, -0.2) is 40.1 Å². The number of imide groups is 1. The van der Waals surface area contributed by atoms with Gasteiger partial charge in [0.25, 0.3) is 17.1 Å². The number of rotatable bonds is 6. The van der Waals surface area contributed by atoms with Gasteiger partial charge in [-0.15, -0.1) is 0 Å². The number of hydrogen-bond acceptors (Lipinski definition) is 7. The third-order valence-corrected chi connectivity index (χ3v) is 6.98. The molecular weight excluding hydrogens is 539 g/mol. The lowest BCUT2D eigenvalue weighted by molar-refractivity contribution is -0.123. The second kappa shape index (κ2) is 11.1. The molecule has 8 nitrogen and oxygen atoms in total. The third-order valence-electron chi connectivity index (χ3n) is 5.33. The molecule has 0 unspecified atom stereocenters. The highest BCUT2D eigenvalue weighted by Crippen LogP contribution is 2.34. The molecule has 11 heteroatoms. The van der Waals surface area contributed by atoms with Crippen molar-refractivity contribution in [3.05, 3.63) is 97.9 Å².